The van der Waals surface area contributed by atoms with Crippen LogP contribution in [0.15, 0.2) is 61.2 Å². The van der Waals surface area contributed by atoms with Gasteiger partial charge < -0.3 is 20.3 Å². The molecule has 2 aromatic carbocycles. The van der Waals surface area contributed by atoms with Crippen LogP contribution in [0.2, 0.25) is 0 Å². The molecule has 3 amide bonds. The smallest absolute Gasteiger partial charge is 0.253 e. The number of carbonyl (C=O) groups excluding carboxylic acids is 3. The molecule has 7 nitrogen and oxygen atoms in total. The number of ether oxygens (including phenoxy) is 1. The lowest BCUT2D eigenvalue weighted by Gasteiger charge is -2.36. The Kier molecular flexibility index (Phi) is 8.24. The molecule has 1 atom stereocenters. The predicted octanol–water partition coefficient (Wildman–Crippen LogP) is 2.96. The van der Waals surface area contributed by atoms with Gasteiger partial charge in [-0.05, 0) is 56.0 Å². The number of methoxy groups -OCH3 is 1. The van der Waals surface area contributed by atoms with Gasteiger partial charge in [0.15, 0.2) is 0 Å². The maximum atomic E-state index is 12.9. The first-order valence-electron chi connectivity index (χ1n) is 11.1. The van der Waals surface area contributed by atoms with Crippen LogP contribution in [0.5, 0.6) is 5.75 Å². The highest BCUT2D eigenvalue weighted by Gasteiger charge is 2.34. The zero-order chi connectivity index (χ0) is 23.8. The van der Waals surface area contributed by atoms with Crippen LogP contribution in [0.4, 0.5) is 0 Å². The third-order valence-electron chi connectivity index (χ3n) is 5.88. The first-order chi connectivity index (χ1) is 15.9. The Morgan fingerprint density at radius 1 is 1.12 bits per heavy atom. The van der Waals surface area contributed by atoms with Crippen molar-refractivity contribution in [1.29, 1.82) is 0 Å². The lowest BCUT2D eigenvalue weighted by Crippen LogP contribution is -2.53. The summed E-state index contributed by atoms with van der Waals surface area (Å²) in [5.41, 5.74) is 2.06. The van der Waals surface area contributed by atoms with Gasteiger partial charge in [-0.1, -0.05) is 29.8 Å². The van der Waals surface area contributed by atoms with Crippen molar-refractivity contribution >= 4 is 17.7 Å². The number of nitrogens with zero attached hydrogens (tertiary/aromatic N) is 1. The summed E-state index contributed by atoms with van der Waals surface area (Å²) in [5, 5.41) is 5.73. The maximum absolute atomic E-state index is 12.9. The molecule has 0 saturated carbocycles. The molecule has 33 heavy (non-hydrogen) atoms. The number of piperidine rings is 1. The number of aryl methyl sites for hydroxylation is 1. The van der Waals surface area contributed by atoms with Crippen molar-refractivity contribution in [2.75, 3.05) is 26.7 Å². The van der Waals surface area contributed by atoms with Gasteiger partial charge in [-0.2, -0.15) is 0 Å². The largest absolute Gasteiger partial charge is 0.497 e. The summed E-state index contributed by atoms with van der Waals surface area (Å²) in [6.07, 6.45) is 2.82. The standard InChI is InChI=1S/C26H31N3O4/c1-4-13-27-25(31)23(28-24(30)20-8-5-7-18(2)16-20)19-11-14-29(15-12-19)26(32)21-9-6-10-22(17-21)33-3/h4-10,16-17,19,23H,1,11-15H2,2-3H3,(H,27,31)(H,28,30)/t23-/m1/s1. The van der Waals surface area contributed by atoms with Crippen molar-refractivity contribution in [3.8, 4) is 5.75 Å². The molecule has 1 saturated heterocycles. The molecule has 0 unspecified atom stereocenters. The number of hydrogen-bond acceptors (Lipinski definition) is 4. The Morgan fingerprint density at radius 2 is 1.82 bits per heavy atom. The Bertz CT molecular complexity index is 1010. The number of nitrogens with one attached hydrogen (secondary N) is 2. The number of likely N-dealkylation sites (tertiary alicyclic amines) is 1. The van der Waals surface area contributed by atoms with Crippen LogP contribution in [0.1, 0.15) is 39.1 Å². The van der Waals surface area contributed by atoms with E-state index in [4.69, 9.17) is 4.74 Å². The van der Waals surface area contributed by atoms with Gasteiger partial charge in [0.1, 0.15) is 11.8 Å². The van der Waals surface area contributed by atoms with E-state index in [2.05, 4.69) is 17.2 Å². The summed E-state index contributed by atoms with van der Waals surface area (Å²) >= 11 is 0. The molecule has 0 aromatic heterocycles. The normalized spacial score (nSPS) is 14.8. The zero-order valence-electron chi connectivity index (χ0n) is 19.2. The molecule has 3 rings (SSSR count). The summed E-state index contributed by atoms with van der Waals surface area (Å²) in [7, 11) is 1.57. The summed E-state index contributed by atoms with van der Waals surface area (Å²) < 4.78 is 5.22. The molecule has 1 fully saturated rings. The number of hydrogen-bond donors (Lipinski definition) is 2. The highest BCUT2D eigenvalue weighted by Crippen LogP contribution is 2.24. The number of benzene rings is 2. The Balaban J connectivity index is 1.69. The second-order valence-electron chi connectivity index (χ2n) is 8.22. The van der Waals surface area contributed by atoms with Crippen LogP contribution in [-0.4, -0.2) is 55.4 Å². The van der Waals surface area contributed by atoms with E-state index in [0.717, 1.165) is 5.56 Å². The van der Waals surface area contributed by atoms with Crippen molar-refractivity contribution in [3.63, 3.8) is 0 Å². The monoisotopic (exact) mass is 449 g/mol. The second-order valence-corrected chi connectivity index (χ2v) is 8.22. The van der Waals surface area contributed by atoms with Gasteiger partial charge in [0.05, 0.1) is 7.11 Å². The number of carbonyl (C=O) groups is 3. The van der Waals surface area contributed by atoms with Crippen molar-refractivity contribution < 1.29 is 19.1 Å². The van der Waals surface area contributed by atoms with Gasteiger partial charge in [-0.15, -0.1) is 6.58 Å². The Hall–Kier alpha value is -3.61. The third kappa shape index (κ3) is 6.22. The van der Waals surface area contributed by atoms with E-state index in [1.54, 1.807) is 54.5 Å². The van der Waals surface area contributed by atoms with Gasteiger partial charge >= 0.3 is 0 Å². The second kappa shape index (κ2) is 11.3. The summed E-state index contributed by atoms with van der Waals surface area (Å²) in [5.74, 6) is -0.0453. The third-order valence-corrected chi connectivity index (χ3v) is 5.88. The molecule has 0 spiro atoms. The average molecular weight is 450 g/mol. The minimum Gasteiger partial charge on any atom is -0.497 e. The van der Waals surface area contributed by atoms with E-state index in [1.165, 1.54) is 0 Å². The lowest BCUT2D eigenvalue weighted by atomic mass is 9.88. The minimum absolute atomic E-state index is 0.0659. The van der Waals surface area contributed by atoms with Crippen LogP contribution in [0.25, 0.3) is 0 Å². The number of rotatable bonds is 8. The van der Waals surface area contributed by atoms with E-state index in [0.29, 0.717) is 49.4 Å². The predicted molar refractivity (Wildman–Crippen MR) is 127 cm³/mol. The molecule has 7 heteroatoms. The van der Waals surface area contributed by atoms with Crippen molar-refractivity contribution in [2.45, 2.75) is 25.8 Å². The fourth-order valence-corrected chi connectivity index (χ4v) is 4.07. The molecular weight excluding hydrogens is 418 g/mol. The first kappa shape index (κ1) is 24.0. The summed E-state index contributed by atoms with van der Waals surface area (Å²) in [4.78, 5) is 40.4. The molecule has 1 aliphatic rings. The van der Waals surface area contributed by atoms with Crippen LogP contribution in [0.3, 0.4) is 0 Å². The van der Waals surface area contributed by atoms with Gasteiger partial charge in [0, 0.05) is 30.8 Å². The van der Waals surface area contributed by atoms with Crippen LogP contribution in [-0.2, 0) is 4.79 Å². The van der Waals surface area contributed by atoms with Gasteiger partial charge in [0.25, 0.3) is 11.8 Å². The topological polar surface area (TPSA) is 87.7 Å². The van der Waals surface area contributed by atoms with Crippen molar-refractivity contribution in [2.24, 2.45) is 5.92 Å². The van der Waals surface area contributed by atoms with E-state index in [-0.39, 0.29) is 23.6 Å². The molecule has 1 heterocycles. The molecule has 1 aliphatic heterocycles. The number of amides is 3. The quantitative estimate of drug-likeness (QED) is 0.607. The molecule has 2 N–H and O–H groups in total. The molecule has 2 aromatic rings. The van der Waals surface area contributed by atoms with E-state index in [1.807, 2.05) is 19.1 Å². The maximum Gasteiger partial charge on any atom is 0.253 e. The van der Waals surface area contributed by atoms with E-state index < -0.39 is 6.04 Å². The average Bonchev–Trinajstić information content (AvgIpc) is 2.85. The van der Waals surface area contributed by atoms with E-state index >= 15 is 0 Å². The first-order valence-corrected chi connectivity index (χ1v) is 11.1. The summed E-state index contributed by atoms with van der Waals surface area (Å²) in [6, 6.07) is 13.7. The zero-order valence-corrected chi connectivity index (χ0v) is 19.2. The van der Waals surface area contributed by atoms with Gasteiger partial charge in [0.2, 0.25) is 5.91 Å². The van der Waals surface area contributed by atoms with E-state index in [9.17, 15) is 14.4 Å². The molecule has 0 bridgehead atoms. The highest BCUT2D eigenvalue weighted by atomic mass is 16.5. The fourth-order valence-electron chi connectivity index (χ4n) is 4.07. The molecule has 0 aliphatic carbocycles. The fraction of sp³-hybridized carbons (Fsp3) is 0.346. The van der Waals surface area contributed by atoms with Gasteiger partial charge in [-0.25, -0.2) is 0 Å². The molecule has 0 radical (unpaired) electrons. The summed E-state index contributed by atoms with van der Waals surface area (Å²) in [6.45, 7) is 6.89. The van der Waals surface area contributed by atoms with Crippen molar-refractivity contribution in [3.05, 3.63) is 77.9 Å². The van der Waals surface area contributed by atoms with Crippen LogP contribution in [0, 0.1) is 12.8 Å². The van der Waals surface area contributed by atoms with Crippen LogP contribution >= 0.6 is 0 Å². The van der Waals surface area contributed by atoms with Crippen molar-refractivity contribution in [1.82, 2.24) is 15.5 Å². The Labute approximate surface area is 194 Å². The minimum atomic E-state index is -0.688. The SMILES string of the molecule is C=CCNC(=O)[C@H](NC(=O)c1cccc(C)c1)C1CCN(C(=O)c2cccc(OC)c2)CC1. The Morgan fingerprint density at radius 3 is 2.48 bits per heavy atom. The molecule has 174 valence electrons. The van der Waals surface area contributed by atoms with Gasteiger partial charge in [-0.3, -0.25) is 14.4 Å². The molecular formula is C26H31N3O4. The lowest BCUT2D eigenvalue weighted by molar-refractivity contribution is -0.124. The van der Waals surface area contributed by atoms with Crippen LogP contribution < -0.4 is 15.4 Å². The highest BCUT2D eigenvalue weighted by molar-refractivity contribution is 5.98.